The number of nitrogens with zero attached hydrogens (tertiary/aromatic N) is 1. The summed E-state index contributed by atoms with van der Waals surface area (Å²) in [6.45, 7) is 4.32. The van der Waals surface area contributed by atoms with Gasteiger partial charge in [0.15, 0.2) is 0 Å². The van der Waals surface area contributed by atoms with Gasteiger partial charge in [0.25, 0.3) is 0 Å². The summed E-state index contributed by atoms with van der Waals surface area (Å²) in [5.41, 5.74) is 9.13. The Balaban J connectivity index is 2.00. The molecule has 1 unspecified atom stereocenters. The van der Waals surface area contributed by atoms with Gasteiger partial charge in [-0.05, 0) is 62.3 Å². The van der Waals surface area contributed by atoms with Crippen LogP contribution in [0.4, 0.5) is 5.82 Å². The summed E-state index contributed by atoms with van der Waals surface area (Å²) in [6, 6.07) is 3.93. The monoisotopic (exact) mass is 274 g/mol. The van der Waals surface area contributed by atoms with E-state index in [1.54, 1.807) is 0 Å². The number of hydrogen-bond acceptors (Lipinski definition) is 4. The van der Waals surface area contributed by atoms with Gasteiger partial charge in [-0.15, -0.1) is 0 Å². The molecule has 1 aliphatic rings. The second-order valence-electron chi connectivity index (χ2n) is 5.33. The van der Waals surface area contributed by atoms with Gasteiger partial charge in [-0.25, -0.2) is 4.98 Å². The van der Waals surface area contributed by atoms with Crippen LogP contribution in [-0.4, -0.2) is 17.6 Å². The van der Waals surface area contributed by atoms with Crippen molar-refractivity contribution in [2.45, 2.75) is 39.5 Å². The molecule has 0 radical (unpaired) electrons. The Hall–Kier alpha value is -1.84. The summed E-state index contributed by atoms with van der Waals surface area (Å²) in [7, 11) is 0. The van der Waals surface area contributed by atoms with E-state index in [-0.39, 0.29) is 5.97 Å². The number of esters is 1. The van der Waals surface area contributed by atoms with E-state index in [9.17, 15) is 4.79 Å². The fourth-order valence-electron chi connectivity index (χ4n) is 2.62. The van der Waals surface area contributed by atoms with Crippen molar-refractivity contribution in [3.8, 4) is 0 Å². The maximum absolute atomic E-state index is 11.5. The van der Waals surface area contributed by atoms with Crippen LogP contribution < -0.4 is 5.73 Å². The van der Waals surface area contributed by atoms with E-state index in [2.05, 4.69) is 17.1 Å². The van der Waals surface area contributed by atoms with E-state index in [4.69, 9.17) is 10.5 Å². The zero-order valence-corrected chi connectivity index (χ0v) is 12.2. The number of aromatic nitrogens is 1. The molecule has 0 amide bonds. The van der Waals surface area contributed by atoms with E-state index in [0.29, 0.717) is 24.8 Å². The van der Waals surface area contributed by atoms with E-state index in [0.717, 1.165) is 30.5 Å². The second-order valence-corrected chi connectivity index (χ2v) is 5.33. The zero-order chi connectivity index (χ0) is 14.5. The second kappa shape index (κ2) is 6.55. The van der Waals surface area contributed by atoms with Gasteiger partial charge in [0.2, 0.25) is 0 Å². The zero-order valence-electron chi connectivity index (χ0n) is 12.2. The van der Waals surface area contributed by atoms with Gasteiger partial charge >= 0.3 is 5.97 Å². The van der Waals surface area contributed by atoms with Crippen LogP contribution >= 0.6 is 0 Å². The van der Waals surface area contributed by atoms with Gasteiger partial charge in [0, 0.05) is 6.42 Å². The third-order valence-corrected chi connectivity index (χ3v) is 3.60. The van der Waals surface area contributed by atoms with E-state index < -0.39 is 0 Å². The number of nitrogen functional groups attached to an aromatic ring is 1. The molecule has 4 nitrogen and oxygen atoms in total. The topological polar surface area (TPSA) is 65.2 Å². The summed E-state index contributed by atoms with van der Waals surface area (Å²) in [5.74, 6) is 0.863. The smallest absolute Gasteiger partial charge is 0.306 e. The number of nitrogens with two attached hydrogens (primary N) is 1. The van der Waals surface area contributed by atoms with Crippen LogP contribution in [0.5, 0.6) is 0 Å². The lowest BCUT2D eigenvalue weighted by Crippen LogP contribution is -2.14. The van der Waals surface area contributed by atoms with Crippen LogP contribution in [-0.2, 0) is 9.53 Å². The molecule has 0 saturated carbocycles. The molecule has 2 rings (SSSR count). The van der Waals surface area contributed by atoms with Crippen LogP contribution in [0.15, 0.2) is 18.2 Å². The average molecular weight is 274 g/mol. The molecule has 0 fully saturated rings. The van der Waals surface area contributed by atoms with Gasteiger partial charge in [-0.1, -0.05) is 6.08 Å². The highest BCUT2D eigenvalue weighted by atomic mass is 16.5. The molecule has 0 bridgehead atoms. The SMILES string of the molecule is CCOC(=O)CC1CC=C(c2cc(C)cc(N)n2)CC1. The van der Waals surface area contributed by atoms with E-state index >= 15 is 0 Å². The molecule has 0 aromatic carbocycles. The van der Waals surface area contributed by atoms with E-state index in [1.165, 1.54) is 5.57 Å². The standard InChI is InChI=1S/C16H22N2O2/c1-3-20-16(19)10-12-4-6-13(7-5-12)14-8-11(2)9-15(17)18-14/h6,8-9,12H,3-5,7,10H2,1-2H3,(H2,17,18). The third-order valence-electron chi connectivity index (χ3n) is 3.60. The molecule has 0 spiro atoms. The Morgan fingerprint density at radius 3 is 2.90 bits per heavy atom. The molecule has 1 aromatic rings. The van der Waals surface area contributed by atoms with Crippen molar-refractivity contribution in [3.05, 3.63) is 29.5 Å². The Labute approximate surface area is 120 Å². The molecule has 1 aliphatic carbocycles. The number of carbonyl (C=O) groups excluding carboxylic acids is 1. The molecule has 0 saturated heterocycles. The predicted octanol–water partition coefficient (Wildman–Crippen LogP) is 3.11. The number of allylic oxidation sites excluding steroid dienone is 2. The highest BCUT2D eigenvalue weighted by molar-refractivity contribution is 5.70. The van der Waals surface area contributed by atoms with Gasteiger partial charge in [-0.3, -0.25) is 4.79 Å². The van der Waals surface area contributed by atoms with Crippen molar-refractivity contribution < 1.29 is 9.53 Å². The van der Waals surface area contributed by atoms with Gasteiger partial charge < -0.3 is 10.5 Å². The van der Waals surface area contributed by atoms with Crippen LogP contribution in [0.3, 0.4) is 0 Å². The molecule has 0 aliphatic heterocycles. The number of anilines is 1. The lowest BCUT2D eigenvalue weighted by molar-refractivity contribution is -0.144. The molecule has 1 atom stereocenters. The quantitative estimate of drug-likeness (QED) is 0.857. The Morgan fingerprint density at radius 2 is 2.30 bits per heavy atom. The minimum atomic E-state index is -0.0905. The Bertz CT molecular complexity index is 503. The van der Waals surface area contributed by atoms with Gasteiger partial charge in [0.1, 0.15) is 5.82 Å². The lowest BCUT2D eigenvalue weighted by atomic mass is 9.86. The highest BCUT2D eigenvalue weighted by Crippen LogP contribution is 2.31. The first kappa shape index (κ1) is 14.6. The van der Waals surface area contributed by atoms with Crippen molar-refractivity contribution in [1.82, 2.24) is 4.98 Å². The summed E-state index contributed by atoms with van der Waals surface area (Å²) < 4.78 is 5.00. The summed E-state index contributed by atoms with van der Waals surface area (Å²) in [6.07, 6.45) is 5.55. The highest BCUT2D eigenvalue weighted by Gasteiger charge is 2.19. The fraction of sp³-hybridized carbons (Fsp3) is 0.500. The minimum Gasteiger partial charge on any atom is -0.466 e. The third kappa shape index (κ3) is 3.83. The van der Waals surface area contributed by atoms with Crippen molar-refractivity contribution in [1.29, 1.82) is 0 Å². The summed E-state index contributed by atoms with van der Waals surface area (Å²) in [4.78, 5) is 15.9. The van der Waals surface area contributed by atoms with Crippen LogP contribution in [0.1, 0.15) is 43.9 Å². The fourth-order valence-corrected chi connectivity index (χ4v) is 2.62. The molecule has 1 heterocycles. The normalized spacial score (nSPS) is 18.5. The average Bonchev–Trinajstić information content (AvgIpc) is 2.38. The first-order valence-corrected chi connectivity index (χ1v) is 7.17. The number of carbonyl (C=O) groups is 1. The van der Waals surface area contributed by atoms with Crippen LogP contribution in [0.2, 0.25) is 0 Å². The van der Waals surface area contributed by atoms with Gasteiger partial charge in [0.05, 0.1) is 12.3 Å². The number of aryl methyl sites for hydroxylation is 1. The minimum absolute atomic E-state index is 0.0905. The predicted molar refractivity (Wildman–Crippen MR) is 80.0 cm³/mol. The Kier molecular flexibility index (Phi) is 4.77. The number of pyridine rings is 1. The van der Waals surface area contributed by atoms with Crippen molar-refractivity contribution >= 4 is 17.4 Å². The molecule has 2 N–H and O–H groups in total. The Morgan fingerprint density at radius 1 is 1.50 bits per heavy atom. The van der Waals surface area contributed by atoms with E-state index in [1.807, 2.05) is 19.9 Å². The summed E-state index contributed by atoms with van der Waals surface area (Å²) >= 11 is 0. The van der Waals surface area contributed by atoms with Crippen molar-refractivity contribution in [2.24, 2.45) is 5.92 Å². The van der Waals surface area contributed by atoms with Crippen LogP contribution in [0, 0.1) is 12.8 Å². The molecular formula is C16H22N2O2. The molecule has 20 heavy (non-hydrogen) atoms. The maximum atomic E-state index is 11.5. The maximum Gasteiger partial charge on any atom is 0.306 e. The molecule has 4 heteroatoms. The first-order valence-electron chi connectivity index (χ1n) is 7.17. The van der Waals surface area contributed by atoms with Gasteiger partial charge in [-0.2, -0.15) is 0 Å². The van der Waals surface area contributed by atoms with Crippen molar-refractivity contribution in [2.75, 3.05) is 12.3 Å². The number of hydrogen-bond donors (Lipinski definition) is 1. The lowest BCUT2D eigenvalue weighted by Gasteiger charge is -2.21. The first-order chi connectivity index (χ1) is 9.58. The summed E-state index contributed by atoms with van der Waals surface area (Å²) in [5, 5.41) is 0. The van der Waals surface area contributed by atoms with Crippen molar-refractivity contribution in [3.63, 3.8) is 0 Å². The molecule has 108 valence electrons. The van der Waals surface area contributed by atoms with Crippen LogP contribution in [0.25, 0.3) is 5.57 Å². The molecular weight excluding hydrogens is 252 g/mol. The number of ether oxygens (including phenoxy) is 1. The molecule has 1 aromatic heterocycles. The largest absolute Gasteiger partial charge is 0.466 e. The number of rotatable bonds is 4.